The summed E-state index contributed by atoms with van der Waals surface area (Å²) in [5.74, 6) is 0. The summed E-state index contributed by atoms with van der Waals surface area (Å²) in [4.78, 5) is 0. The molecule has 0 unspecified atom stereocenters. The van der Waals surface area contributed by atoms with E-state index in [9.17, 15) is 0 Å². The molecule has 0 spiro atoms. The van der Waals surface area contributed by atoms with Gasteiger partial charge in [-0.2, -0.15) is 0 Å². The van der Waals surface area contributed by atoms with E-state index >= 15 is 0 Å². The molecular formula is C29H56N+. The van der Waals surface area contributed by atoms with Crippen LogP contribution in [-0.4, -0.2) is 31.7 Å². The van der Waals surface area contributed by atoms with Crippen LogP contribution < -0.4 is 0 Å². The zero-order chi connectivity index (χ0) is 22.3. The van der Waals surface area contributed by atoms with E-state index in [1.54, 1.807) is 0 Å². The number of aryl methyl sites for hydroxylation is 1. The fraction of sp³-hybridized carbons (Fsp3) is 0.793. The van der Waals surface area contributed by atoms with Gasteiger partial charge in [0.25, 0.3) is 0 Å². The normalized spacial score (nSPS) is 11.2. The molecule has 0 aliphatic heterocycles. The van der Waals surface area contributed by atoms with Gasteiger partial charge in [0.2, 0.25) is 0 Å². The summed E-state index contributed by atoms with van der Waals surface area (Å²) < 4.78 is 1.24. The molecule has 0 aromatic heterocycles. The number of rotatable bonds is 18. The SMILES string of the molecule is CCCCCCCCCC[N+](C)(C)CCCCCCCCCC.Cc1ccccc1. The molecule has 0 atom stereocenters. The van der Waals surface area contributed by atoms with Crippen LogP contribution in [0.4, 0.5) is 0 Å². The molecule has 176 valence electrons. The Morgan fingerprint density at radius 3 is 1.13 bits per heavy atom. The van der Waals surface area contributed by atoms with Gasteiger partial charge in [0, 0.05) is 0 Å². The zero-order valence-corrected chi connectivity index (χ0v) is 21.6. The van der Waals surface area contributed by atoms with Gasteiger partial charge < -0.3 is 4.48 Å². The largest absolute Gasteiger partial charge is 0.328 e. The molecule has 1 aromatic rings. The maximum absolute atomic E-state index is 2.43. The number of quaternary nitrogens is 1. The minimum atomic E-state index is 1.24. The molecule has 0 saturated carbocycles. The first kappa shape index (κ1) is 29.2. The molecule has 0 N–H and O–H groups in total. The standard InChI is InChI=1S/C22H48N.C7H8/c1-5-7-9-11-13-15-17-19-21-23(3,4)22-20-18-16-14-12-10-8-6-2;1-7-5-3-2-4-6-7/h5-22H2,1-4H3;2-6H,1H3/q+1;. The van der Waals surface area contributed by atoms with Crippen molar-refractivity contribution in [3.05, 3.63) is 35.9 Å². The van der Waals surface area contributed by atoms with E-state index in [2.05, 4.69) is 47.0 Å². The third-order valence-corrected chi connectivity index (χ3v) is 6.17. The van der Waals surface area contributed by atoms with Gasteiger partial charge in [0.1, 0.15) is 0 Å². The predicted octanol–water partition coefficient (Wildman–Crippen LogP) is 9.34. The second-order valence-corrected chi connectivity index (χ2v) is 9.99. The van der Waals surface area contributed by atoms with Crippen LogP contribution >= 0.6 is 0 Å². The molecule has 0 fully saturated rings. The molecule has 1 rings (SSSR count). The predicted molar refractivity (Wildman–Crippen MR) is 138 cm³/mol. The van der Waals surface area contributed by atoms with Gasteiger partial charge in [-0.25, -0.2) is 0 Å². The number of unbranched alkanes of at least 4 members (excludes halogenated alkanes) is 14. The van der Waals surface area contributed by atoms with Crippen molar-refractivity contribution in [3.63, 3.8) is 0 Å². The van der Waals surface area contributed by atoms with Crippen LogP contribution in [0.1, 0.15) is 122 Å². The Bertz CT molecular complexity index is 415. The number of hydrogen-bond donors (Lipinski definition) is 0. The van der Waals surface area contributed by atoms with Gasteiger partial charge in [0.05, 0.1) is 27.2 Å². The Balaban J connectivity index is 0.000001000. The third-order valence-electron chi connectivity index (χ3n) is 6.17. The van der Waals surface area contributed by atoms with E-state index < -0.39 is 0 Å². The summed E-state index contributed by atoms with van der Waals surface area (Å²) in [7, 11) is 4.87. The van der Waals surface area contributed by atoms with Crippen LogP contribution in [0.5, 0.6) is 0 Å². The number of benzene rings is 1. The monoisotopic (exact) mass is 418 g/mol. The molecule has 0 aliphatic carbocycles. The fourth-order valence-corrected chi connectivity index (χ4v) is 3.99. The highest BCUT2D eigenvalue weighted by atomic mass is 15.3. The highest BCUT2D eigenvalue weighted by Gasteiger charge is 2.13. The van der Waals surface area contributed by atoms with E-state index in [1.165, 1.54) is 126 Å². The molecule has 1 heteroatoms. The summed E-state index contributed by atoms with van der Waals surface area (Å²) in [5, 5.41) is 0. The Hall–Kier alpha value is -0.820. The molecule has 0 aliphatic rings. The van der Waals surface area contributed by atoms with Crippen molar-refractivity contribution in [1.29, 1.82) is 0 Å². The fourth-order valence-electron chi connectivity index (χ4n) is 3.99. The molecule has 0 radical (unpaired) electrons. The van der Waals surface area contributed by atoms with Crippen LogP contribution in [0.25, 0.3) is 0 Å². The minimum absolute atomic E-state index is 1.24. The lowest BCUT2D eigenvalue weighted by Crippen LogP contribution is -2.41. The maximum Gasteiger partial charge on any atom is 0.0782 e. The average Bonchev–Trinajstić information content (AvgIpc) is 2.73. The van der Waals surface area contributed by atoms with Crippen molar-refractivity contribution >= 4 is 0 Å². The number of nitrogens with zero attached hydrogens (tertiary/aromatic N) is 1. The highest BCUT2D eigenvalue weighted by Crippen LogP contribution is 2.13. The Kier molecular flexibility index (Phi) is 20.8. The van der Waals surface area contributed by atoms with Crippen LogP contribution in [0, 0.1) is 6.92 Å². The van der Waals surface area contributed by atoms with Crippen molar-refractivity contribution in [2.24, 2.45) is 0 Å². The van der Waals surface area contributed by atoms with Crippen LogP contribution in [0.3, 0.4) is 0 Å². The highest BCUT2D eigenvalue weighted by molar-refractivity contribution is 5.11. The summed E-state index contributed by atoms with van der Waals surface area (Å²) in [6, 6.07) is 10.3. The van der Waals surface area contributed by atoms with Gasteiger partial charge in [-0.1, -0.05) is 127 Å². The Labute approximate surface area is 191 Å². The van der Waals surface area contributed by atoms with Gasteiger partial charge in [0.15, 0.2) is 0 Å². The lowest BCUT2D eigenvalue weighted by atomic mass is 10.1. The molecule has 0 bridgehead atoms. The van der Waals surface area contributed by atoms with Crippen molar-refractivity contribution in [2.45, 2.75) is 124 Å². The minimum Gasteiger partial charge on any atom is -0.328 e. The van der Waals surface area contributed by atoms with Crippen LogP contribution in [-0.2, 0) is 0 Å². The molecule has 30 heavy (non-hydrogen) atoms. The Morgan fingerprint density at radius 1 is 0.500 bits per heavy atom. The van der Waals surface area contributed by atoms with Crippen LogP contribution in [0.2, 0.25) is 0 Å². The summed E-state index contributed by atoms with van der Waals surface area (Å²) >= 11 is 0. The summed E-state index contributed by atoms with van der Waals surface area (Å²) in [5.41, 5.74) is 1.32. The van der Waals surface area contributed by atoms with E-state index in [0.717, 1.165) is 0 Å². The van der Waals surface area contributed by atoms with Crippen molar-refractivity contribution < 1.29 is 4.48 Å². The molecule has 0 amide bonds. The van der Waals surface area contributed by atoms with Gasteiger partial charge in [-0.3, -0.25) is 0 Å². The molecule has 0 saturated heterocycles. The summed E-state index contributed by atoms with van der Waals surface area (Å²) in [6.07, 6.45) is 23.0. The molecule has 1 aromatic carbocycles. The number of hydrogen-bond acceptors (Lipinski definition) is 0. The van der Waals surface area contributed by atoms with Crippen molar-refractivity contribution in [1.82, 2.24) is 0 Å². The van der Waals surface area contributed by atoms with Crippen LogP contribution in [0.15, 0.2) is 30.3 Å². The van der Waals surface area contributed by atoms with E-state index in [1.807, 2.05) is 18.2 Å². The first-order valence-electron chi connectivity index (χ1n) is 13.4. The van der Waals surface area contributed by atoms with E-state index in [4.69, 9.17) is 0 Å². The first-order chi connectivity index (χ1) is 14.5. The molecule has 0 heterocycles. The van der Waals surface area contributed by atoms with E-state index in [0.29, 0.717) is 0 Å². The lowest BCUT2D eigenvalue weighted by molar-refractivity contribution is -0.890. The smallest absolute Gasteiger partial charge is 0.0782 e. The van der Waals surface area contributed by atoms with Gasteiger partial charge in [-0.05, 0) is 32.6 Å². The average molecular weight is 419 g/mol. The zero-order valence-electron chi connectivity index (χ0n) is 21.6. The lowest BCUT2D eigenvalue weighted by Gasteiger charge is -2.30. The van der Waals surface area contributed by atoms with E-state index in [-0.39, 0.29) is 0 Å². The topological polar surface area (TPSA) is 0 Å². The second-order valence-electron chi connectivity index (χ2n) is 9.99. The molecular weight excluding hydrogens is 362 g/mol. The summed E-state index contributed by atoms with van der Waals surface area (Å²) in [6.45, 7) is 9.44. The van der Waals surface area contributed by atoms with Gasteiger partial charge in [-0.15, -0.1) is 0 Å². The first-order valence-corrected chi connectivity index (χ1v) is 13.4. The van der Waals surface area contributed by atoms with Crippen molar-refractivity contribution in [3.8, 4) is 0 Å². The molecule has 1 nitrogen and oxygen atoms in total. The second kappa shape index (κ2) is 21.4. The maximum atomic E-state index is 2.43. The van der Waals surface area contributed by atoms with Gasteiger partial charge >= 0.3 is 0 Å². The Morgan fingerprint density at radius 2 is 0.833 bits per heavy atom. The quantitative estimate of drug-likeness (QED) is 0.164. The third kappa shape index (κ3) is 21.9. The van der Waals surface area contributed by atoms with Crippen molar-refractivity contribution in [2.75, 3.05) is 27.2 Å².